The van der Waals surface area contributed by atoms with Crippen molar-refractivity contribution in [3.05, 3.63) is 51.3 Å². The number of methoxy groups -OCH3 is 1. The van der Waals surface area contributed by atoms with Crippen LogP contribution < -0.4 is 10.1 Å². The van der Waals surface area contributed by atoms with E-state index >= 15 is 0 Å². The van der Waals surface area contributed by atoms with Crippen LogP contribution in [0.25, 0.3) is 0 Å². The summed E-state index contributed by atoms with van der Waals surface area (Å²) in [6, 6.07) is 3.84. The lowest BCUT2D eigenvalue weighted by molar-refractivity contribution is -0.385. The fourth-order valence-electron chi connectivity index (χ4n) is 2.37. The highest BCUT2D eigenvalue weighted by Crippen LogP contribution is 2.27. The Morgan fingerprint density at radius 3 is 2.70 bits per heavy atom. The second kappa shape index (κ2) is 6.47. The average molecular weight is 318 g/mol. The molecule has 1 N–H and O–H groups in total. The minimum absolute atomic E-state index is 0.114. The fourth-order valence-corrected chi connectivity index (χ4v) is 2.37. The second-order valence-corrected chi connectivity index (χ2v) is 5.18. The number of amides is 1. The molecule has 1 aromatic heterocycles. The maximum Gasteiger partial charge on any atom is 0.311 e. The zero-order chi connectivity index (χ0) is 17.1. The maximum atomic E-state index is 12.3. The van der Waals surface area contributed by atoms with Crippen LogP contribution in [0.2, 0.25) is 0 Å². The van der Waals surface area contributed by atoms with Gasteiger partial charge in [-0.3, -0.25) is 19.6 Å². The number of rotatable bonds is 5. The summed E-state index contributed by atoms with van der Waals surface area (Å²) in [5.74, 6) is -0.283. The molecule has 0 bridgehead atoms. The Bertz CT molecular complexity index is 754. The van der Waals surface area contributed by atoms with Gasteiger partial charge in [0.15, 0.2) is 5.75 Å². The number of nitro benzene ring substituents is 1. The fraction of sp³-hybridized carbons (Fsp3) is 0.333. The first-order valence-corrected chi connectivity index (χ1v) is 6.97. The lowest BCUT2D eigenvalue weighted by Crippen LogP contribution is -2.26. The monoisotopic (exact) mass is 318 g/mol. The standard InChI is InChI=1S/C15H18N4O4/c1-9(12-8-18(3)17-10(12)2)16-15(20)11-5-6-14(23-4)13(7-11)19(21)22/h5-9H,1-4H3,(H,16,20). The molecule has 0 saturated heterocycles. The molecule has 1 atom stereocenters. The number of nitro groups is 1. The van der Waals surface area contributed by atoms with Crippen LogP contribution in [0.3, 0.4) is 0 Å². The first-order chi connectivity index (χ1) is 10.8. The quantitative estimate of drug-likeness (QED) is 0.672. The Morgan fingerprint density at radius 1 is 1.48 bits per heavy atom. The Hall–Kier alpha value is -2.90. The number of hydrogen-bond acceptors (Lipinski definition) is 5. The van der Waals surface area contributed by atoms with Gasteiger partial charge < -0.3 is 10.1 Å². The molecule has 0 aliphatic carbocycles. The van der Waals surface area contributed by atoms with Crippen molar-refractivity contribution in [1.29, 1.82) is 0 Å². The van der Waals surface area contributed by atoms with Crippen molar-refractivity contribution in [3.63, 3.8) is 0 Å². The number of nitrogens with one attached hydrogen (secondary N) is 1. The number of carbonyl (C=O) groups is 1. The summed E-state index contributed by atoms with van der Waals surface area (Å²) >= 11 is 0. The topological polar surface area (TPSA) is 99.3 Å². The van der Waals surface area contributed by atoms with E-state index in [0.717, 1.165) is 11.3 Å². The van der Waals surface area contributed by atoms with Gasteiger partial charge in [0, 0.05) is 30.4 Å². The summed E-state index contributed by atoms with van der Waals surface area (Å²) in [6.07, 6.45) is 1.83. The molecule has 2 rings (SSSR count). The van der Waals surface area contributed by atoms with E-state index in [2.05, 4.69) is 10.4 Å². The predicted octanol–water partition coefficient (Wildman–Crippen LogP) is 2.14. The van der Waals surface area contributed by atoms with Crippen LogP contribution in [-0.4, -0.2) is 27.7 Å². The summed E-state index contributed by atoms with van der Waals surface area (Å²) in [6.45, 7) is 3.69. The minimum Gasteiger partial charge on any atom is -0.490 e. The number of aryl methyl sites for hydroxylation is 2. The van der Waals surface area contributed by atoms with Crippen molar-refractivity contribution in [2.45, 2.75) is 19.9 Å². The van der Waals surface area contributed by atoms with Gasteiger partial charge in [-0.15, -0.1) is 0 Å². The molecule has 122 valence electrons. The molecule has 0 fully saturated rings. The number of benzene rings is 1. The van der Waals surface area contributed by atoms with E-state index in [-0.39, 0.29) is 23.0 Å². The smallest absolute Gasteiger partial charge is 0.311 e. The highest BCUT2D eigenvalue weighted by atomic mass is 16.6. The largest absolute Gasteiger partial charge is 0.490 e. The van der Waals surface area contributed by atoms with Gasteiger partial charge in [-0.25, -0.2) is 0 Å². The van der Waals surface area contributed by atoms with Crippen LogP contribution in [-0.2, 0) is 7.05 Å². The Balaban J connectivity index is 2.22. The summed E-state index contributed by atoms with van der Waals surface area (Å²) in [5.41, 5.74) is 1.67. The molecule has 1 heterocycles. The maximum absolute atomic E-state index is 12.3. The summed E-state index contributed by atoms with van der Waals surface area (Å²) in [5, 5.41) is 18.1. The summed E-state index contributed by atoms with van der Waals surface area (Å²) in [7, 11) is 3.15. The molecule has 0 saturated carbocycles. The van der Waals surface area contributed by atoms with Gasteiger partial charge in [0.25, 0.3) is 5.91 Å². The van der Waals surface area contributed by atoms with E-state index in [9.17, 15) is 14.9 Å². The molecule has 0 radical (unpaired) electrons. The number of ether oxygens (including phenoxy) is 1. The second-order valence-electron chi connectivity index (χ2n) is 5.18. The van der Waals surface area contributed by atoms with Gasteiger partial charge in [-0.2, -0.15) is 5.10 Å². The van der Waals surface area contributed by atoms with Crippen molar-refractivity contribution in [2.75, 3.05) is 7.11 Å². The van der Waals surface area contributed by atoms with Gasteiger partial charge >= 0.3 is 5.69 Å². The summed E-state index contributed by atoms with van der Waals surface area (Å²) in [4.78, 5) is 22.8. The lowest BCUT2D eigenvalue weighted by atomic mass is 10.1. The molecule has 23 heavy (non-hydrogen) atoms. The third kappa shape index (κ3) is 3.47. The predicted molar refractivity (Wildman–Crippen MR) is 83.5 cm³/mol. The van der Waals surface area contributed by atoms with Gasteiger partial charge in [-0.05, 0) is 26.0 Å². The molecular formula is C15H18N4O4. The molecule has 8 heteroatoms. The first kappa shape index (κ1) is 16.5. The molecule has 1 aromatic carbocycles. The highest BCUT2D eigenvalue weighted by molar-refractivity contribution is 5.95. The number of aromatic nitrogens is 2. The van der Waals surface area contributed by atoms with E-state index in [1.54, 1.807) is 11.7 Å². The van der Waals surface area contributed by atoms with Crippen LogP contribution in [0, 0.1) is 17.0 Å². The van der Waals surface area contributed by atoms with E-state index in [1.165, 1.54) is 25.3 Å². The van der Waals surface area contributed by atoms with Gasteiger partial charge in [0.2, 0.25) is 0 Å². The molecule has 1 unspecified atom stereocenters. The SMILES string of the molecule is COc1ccc(C(=O)NC(C)c2cn(C)nc2C)cc1[N+](=O)[O-]. The van der Waals surface area contributed by atoms with Crippen LogP contribution >= 0.6 is 0 Å². The zero-order valence-electron chi connectivity index (χ0n) is 13.4. The van der Waals surface area contributed by atoms with E-state index in [1.807, 2.05) is 20.0 Å². The minimum atomic E-state index is -0.579. The van der Waals surface area contributed by atoms with Crippen LogP contribution in [0.4, 0.5) is 5.69 Å². The molecule has 0 aliphatic heterocycles. The van der Waals surface area contributed by atoms with E-state index in [4.69, 9.17) is 4.74 Å². The number of hydrogen-bond donors (Lipinski definition) is 1. The van der Waals surface area contributed by atoms with Gasteiger partial charge in [0.05, 0.1) is 23.8 Å². The third-order valence-corrected chi connectivity index (χ3v) is 3.50. The Labute approximate surface area is 133 Å². The van der Waals surface area contributed by atoms with Crippen molar-refractivity contribution >= 4 is 11.6 Å². The molecule has 0 spiro atoms. The van der Waals surface area contributed by atoms with Crippen molar-refractivity contribution in [2.24, 2.45) is 7.05 Å². The van der Waals surface area contributed by atoms with Crippen molar-refractivity contribution in [3.8, 4) is 5.75 Å². The van der Waals surface area contributed by atoms with E-state index in [0.29, 0.717) is 0 Å². The van der Waals surface area contributed by atoms with Crippen LogP contribution in [0.15, 0.2) is 24.4 Å². The molecule has 2 aromatic rings. The van der Waals surface area contributed by atoms with Crippen LogP contribution in [0.5, 0.6) is 5.75 Å². The van der Waals surface area contributed by atoms with Crippen LogP contribution in [0.1, 0.15) is 34.6 Å². The van der Waals surface area contributed by atoms with Crippen molar-refractivity contribution in [1.82, 2.24) is 15.1 Å². The molecule has 1 amide bonds. The molecule has 8 nitrogen and oxygen atoms in total. The first-order valence-electron chi connectivity index (χ1n) is 6.97. The normalized spacial score (nSPS) is 11.8. The number of nitrogens with zero attached hydrogens (tertiary/aromatic N) is 3. The lowest BCUT2D eigenvalue weighted by Gasteiger charge is -2.13. The molecular weight excluding hydrogens is 300 g/mol. The zero-order valence-corrected chi connectivity index (χ0v) is 13.4. The average Bonchev–Trinajstić information content (AvgIpc) is 2.85. The number of carbonyl (C=O) groups excluding carboxylic acids is 1. The summed E-state index contributed by atoms with van der Waals surface area (Å²) < 4.78 is 6.60. The van der Waals surface area contributed by atoms with Crippen molar-refractivity contribution < 1.29 is 14.5 Å². The highest BCUT2D eigenvalue weighted by Gasteiger charge is 2.20. The molecule has 0 aliphatic rings. The Kier molecular flexibility index (Phi) is 4.63. The van der Waals surface area contributed by atoms with E-state index < -0.39 is 10.8 Å². The third-order valence-electron chi connectivity index (χ3n) is 3.50. The Morgan fingerprint density at radius 2 is 2.17 bits per heavy atom. The van der Waals surface area contributed by atoms with Gasteiger partial charge in [0.1, 0.15) is 0 Å². The van der Waals surface area contributed by atoms with Gasteiger partial charge in [-0.1, -0.05) is 0 Å².